The number of rotatable bonds is 11. The van der Waals surface area contributed by atoms with E-state index in [4.69, 9.17) is 13.8 Å². The van der Waals surface area contributed by atoms with Crippen LogP contribution in [0.2, 0.25) is 0 Å². The highest BCUT2D eigenvalue weighted by atomic mass is 31.2. The van der Waals surface area contributed by atoms with Crippen LogP contribution in [0.1, 0.15) is 35.7 Å². The van der Waals surface area contributed by atoms with E-state index in [1.807, 2.05) is 42.5 Å². The van der Waals surface area contributed by atoms with Crippen molar-refractivity contribution in [1.29, 1.82) is 0 Å². The summed E-state index contributed by atoms with van der Waals surface area (Å²) in [7, 11) is -2.34. The Kier molecular flexibility index (Phi) is 8.83. The van der Waals surface area contributed by atoms with Gasteiger partial charge in [0.05, 0.1) is 26.0 Å². The summed E-state index contributed by atoms with van der Waals surface area (Å²) in [6.07, 6.45) is 0. The predicted molar refractivity (Wildman–Crippen MR) is 161 cm³/mol. The molecule has 0 saturated carbocycles. The number of para-hydroxylation sites is 1. The molecule has 0 fully saturated rings. The Bertz CT molecular complexity index is 1740. The number of carbonyl (C=O) groups excluding carboxylic acids is 1. The van der Waals surface area contributed by atoms with Crippen LogP contribution in [-0.4, -0.2) is 36.0 Å². The zero-order chi connectivity index (χ0) is 29.7. The molecule has 1 N–H and O–H groups in total. The minimum absolute atomic E-state index is 0.000698. The van der Waals surface area contributed by atoms with Gasteiger partial charge in [-0.15, -0.1) is 0 Å². The van der Waals surface area contributed by atoms with Gasteiger partial charge in [0.25, 0.3) is 5.91 Å². The molecule has 5 aromatic rings. The smallest absolute Gasteiger partial charge is 0.357 e. The quantitative estimate of drug-likeness (QED) is 0.161. The van der Waals surface area contributed by atoms with Gasteiger partial charge in [0.15, 0.2) is 11.5 Å². The van der Waals surface area contributed by atoms with Crippen molar-refractivity contribution in [3.63, 3.8) is 0 Å². The molecule has 5 rings (SSSR count). The van der Waals surface area contributed by atoms with Crippen molar-refractivity contribution in [1.82, 2.24) is 15.1 Å². The predicted octanol–water partition coefficient (Wildman–Crippen LogP) is 7.53. The second kappa shape index (κ2) is 12.7. The van der Waals surface area contributed by atoms with Gasteiger partial charge in [0.2, 0.25) is 0 Å². The molecular formula is C32H31FN3O5P. The molecule has 42 heavy (non-hydrogen) atoms. The zero-order valence-electron chi connectivity index (χ0n) is 23.5. The standard InChI is InChI=1S/C32H31FN3O5P/c1-4-40-42(38,41-5-2)32(23-17-19-24(39-3)20-18-23)34-31(37)28-21-30(36(35-28)29-16-9-8-15-27(29)33)26-14-10-12-22-11-6-7-13-25(22)26/h6-21,32H,4-5H2,1-3H3,(H,34,37). The number of halogens is 1. The summed E-state index contributed by atoms with van der Waals surface area (Å²) in [4.78, 5) is 13.8. The Morgan fingerprint density at radius 3 is 2.29 bits per heavy atom. The maximum atomic E-state index is 15.1. The van der Waals surface area contributed by atoms with Gasteiger partial charge >= 0.3 is 7.60 Å². The summed E-state index contributed by atoms with van der Waals surface area (Å²) in [6, 6.07) is 28.2. The van der Waals surface area contributed by atoms with Crippen LogP contribution >= 0.6 is 7.60 Å². The van der Waals surface area contributed by atoms with E-state index < -0.39 is 25.1 Å². The van der Waals surface area contributed by atoms with Crippen molar-refractivity contribution in [3.05, 3.63) is 114 Å². The number of hydrogen-bond acceptors (Lipinski definition) is 6. The van der Waals surface area contributed by atoms with Crippen LogP contribution in [0.15, 0.2) is 97.1 Å². The Hall–Kier alpha value is -4.30. The summed E-state index contributed by atoms with van der Waals surface area (Å²) in [5.41, 5.74) is 1.96. The third kappa shape index (κ3) is 5.85. The van der Waals surface area contributed by atoms with E-state index in [1.165, 1.54) is 10.7 Å². The van der Waals surface area contributed by atoms with E-state index in [9.17, 15) is 9.36 Å². The van der Waals surface area contributed by atoms with Gasteiger partial charge in [-0.05, 0) is 60.5 Å². The third-order valence-corrected chi connectivity index (χ3v) is 9.02. The van der Waals surface area contributed by atoms with Crippen molar-refractivity contribution < 1.29 is 27.5 Å². The molecule has 1 amide bonds. The molecule has 0 aliphatic heterocycles. The molecule has 0 saturated heterocycles. The highest BCUT2D eigenvalue weighted by molar-refractivity contribution is 7.54. The number of amides is 1. The lowest BCUT2D eigenvalue weighted by molar-refractivity contribution is 0.0931. The molecule has 1 unspecified atom stereocenters. The van der Waals surface area contributed by atoms with Crippen LogP contribution in [0, 0.1) is 5.82 Å². The molecular weight excluding hydrogens is 556 g/mol. The Morgan fingerprint density at radius 1 is 0.929 bits per heavy atom. The van der Waals surface area contributed by atoms with Crippen LogP contribution in [0.3, 0.4) is 0 Å². The van der Waals surface area contributed by atoms with E-state index in [1.54, 1.807) is 69.5 Å². The Labute approximate surface area is 243 Å². The highest BCUT2D eigenvalue weighted by Gasteiger charge is 2.39. The maximum absolute atomic E-state index is 15.1. The minimum atomic E-state index is -3.88. The molecule has 0 aliphatic carbocycles. The second-order valence-electron chi connectivity index (χ2n) is 9.33. The lowest BCUT2D eigenvalue weighted by atomic mass is 10.0. The normalized spacial score (nSPS) is 12.3. The van der Waals surface area contributed by atoms with Gasteiger partial charge in [-0.1, -0.05) is 66.7 Å². The highest BCUT2D eigenvalue weighted by Crippen LogP contribution is 2.59. The average Bonchev–Trinajstić information content (AvgIpc) is 3.45. The van der Waals surface area contributed by atoms with Crippen LogP contribution in [0.5, 0.6) is 5.75 Å². The van der Waals surface area contributed by atoms with E-state index in [0.717, 1.165) is 16.3 Å². The van der Waals surface area contributed by atoms with Crippen LogP contribution in [0.4, 0.5) is 4.39 Å². The summed E-state index contributed by atoms with van der Waals surface area (Å²) in [6.45, 7) is 3.61. The maximum Gasteiger partial charge on any atom is 0.357 e. The number of methoxy groups -OCH3 is 1. The average molecular weight is 588 g/mol. The molecule has 1 heterocycles. The molecule has 0 bridgehead atoms. The lowest BCUT2D eigenvalue weighted by Crippen LogP contribution is -2.30. The van der Waals surface area contributed by atoms with Crippen LogP contribution in [-0.2, 0) is 13.6 Å². The molecule has 216 valence electrons. The molecule has 0 spiro atoms. The van der Waals surface area contributed by atoms with Crippen molar-refractivity contribution in [3.8, 4) is 22.7 Å². The fourth-order valence-corrected chi connectivity index (χ4v) is 6.72. The second-order valence-corrected chi connectivity index (χ2v) is 11.4. The summed E-state index contributed by atoms with van der Waals surface area (Å²) < 4.78 is 47.0. The van der Waals surface area contributed by atoms with E-state index in [2.05, 4.69) is 10.4 Å². The van der Waals surface area contributed by atoms with Crippen LogP contribution in [0.25, 0.3) is 27.7 Å². The zero-order valence-corrected chi connectivity index (χ0v) is 24.4. The van der Waals surface area contributed by atoms with Crippen molar-refractivity contribution in [2.45, 2.75) is 19.6 Å². The van der Waals surface area contributed by atoms with Gasteiger partial charge < -0.3 is 19.1 Å². The van der Waals surface area contributed by atoms with Gasteiger partial charge in [-0.25, -0.2) is 9.07 Å². The SMILES string of the molecule is CCOP(=O)(OCC)C(NC(=O)c1cc(-c2cccc3ccccc23)n(-c2ccccc2F)n1)c1ccc(OC)cc1. The Balaban J connectivity index is 1.62. The number of fused-ring (bicyclic) bond motifs is 1. The largest absolute Gasteiger partial charge is 0.497 e. The van der Waals surface area contributed by atoms with Crippen molar-refractivity contribution in [2.24, 2.45) is 0 Å². The lowest BCUT2D eigenvalue weighted by Gasteiger charge is -2.27. The number of hydrogen-bond donors (Lipinski definition) is 1. The summed E-state index contributed by atoms with van der Waals surface area (Å²) in [5, 5.41) is 9.27. The van der Waals surface area contributed by atoms with Gasteiger partial charge in [-0.3, -0.25) is 9.36 Å². The fourth-order valence-electron chi connectivity index (χ4n) is 4.82. The van der Waals surface area contributed by atoms with E-state index >= 15 is 4.39 Å². The summed E-state index contributed by atoms with van der Waals surface area (Å²) >= 11 is 0. The minimum Gasteiger partial charge on any atom is -0.497 e. The number of aromatic nitrogens is 2. The number of carbonyl (C=O) groups is 1. The molecule has 4 aromatic carbocycles. The summed E-state index contributed by atoms with van der Waals surface area (Å²) in [5.74, 6) is -1.68. The van der Waals surface area contributed by atoms with Crippen LogP contribution < -0.4 is 10.1 Å². The van der Waals surface area contributed by atoms with E-state index in [0.29, 0.717) is 17.0 Å². The number of nitrogens with one attached hydrogen (secondary N) is 1. The molecule has 8 nitrogen and oxygen atoms in total. The van der Waals surface area contributed by atoms with Gasteiger partial charge in [0.1, 0.15) is 17.3 Å². The first kappa shape index (κ1) is 29.2. The fraction of sp³-hybridized carbons (Fsp3) is 0.188. The number of nitrogens with zero attached hydrogens (tertiary/aromatic N) is 2. The van der Waals surface area contributed by atoms with Gasteiger partial charge in [-0.2, -0.15) is 5.10 Å². The first-order chi connectivity index (χ1) is 20.4. The number of benzene rings is 4. The molecule has 0 radical (unpaired) electrons. The van der Waals surface area contributed by atoms with Gasteiger partial charge in [0, 0.05) is 5.56 Å². The molecule has 1 atom stereocenters. The first-order valence-electron chi connectivity index (χ1n) is 13.5. The molecule has 1 aromatic heterocycles. The molecule has 0 aliphatic rings. The number of ether oxygens (including phenoxy) is 1. The first-order valence-corrected chi connectivity index (χ1v) is 15.2. The van der Waals surface area contributed by atoms with E-state index in [-0.39, 0.29) is 24.6 Å². The molecule has 10 heteroatoms. The third-order valence-electron chi connectivity index (χ3n) is 6.72. The Morgan fingerprint density at radius 2 is 1.60 bits per heavy atom. The van der Waals surface area contributed by atoms with Crippen molar-refractivity contribution in [2.75, 3.05) is 20.3 Å². The van der Waals surface area contributed by atoms with Crippen molar-refractivity contribution >= 4 is 24.3 Å². The topological polar surface area (TPSA) is 91.7 Å². The monoisotopic (exact) mass is 587 g/mol.